The molecule has 0 aromatic heterocycles. The molecule has 21 heavy (non-hydrogen) atoms. The van der Waals surface area contributed by atoms with E-state index in [-0.39, 0.29) is 10.6 Å². The van der Waals surface area contributed by atoms with Gasteiger partial charge in [0.2, 0.25) is 10.0 Å². The zero-order valence-corrected chi connectivity index (χ0v) is 12.7. The van der Waals surface area contributed by atoms with Gasteiger partial charge in [-0.3, -0.25) is 0 Å². The summed E-state index contributed by atoms with van der Waals surface area (Å²) in [6.07, 6.45) is 1.80. The lowest BCUT2D eigenvalue weighted by molar-refractivity contribution is 0.247. The van der Waals surface area contributed by atoms with Crippen LogP contribution < -0.4 is 10.1 Å². The Labute approximate surface area is 124 Å². The van der Waals surface area contributed by atoms with Gasteiger partial charge in [-0.1, -0.05) is 0 Å². The van der Waals surface area contributed by atoms with E-state index in [0.717, 1.165) is 25.5 Å². The van der Waals surface area contributed by atoms with Crippen LogP contribution in [-0.4, -0.2) is 45.5 Å². The molecule has 2 fully saturated rings. The van der Waals surface area contributed by atoms with Gasteiger partial charge in [0, 0.05) is 19.1 Å². The van der Waals surface area contributed by atoms with E-state index in [1.165, 1.54) is 23.5 Å². The Hall–Kier alpha value is -1.18. The van der Waals surface area contributed by atoms with Crippen LogP contribution in [0.15, 0.2) is 23.1 Å². The minimum atomic E-state index is -3.64. The van der Waals surface area contributed by atoms with Crippen molar-refractivity contribution in [2.24, 2.45) is 5.92 Å². The first-order valence-corrected chi connectivity index (χ1v) is 8.53. The smallest absolute Gasteiger partial charge is 0.243 e. The van der Waals surface area contributed by atoms with Crippen LogP contribution in [0.2, 0.25) is 0 Å². The molecule has 0 radical (unpaired) electrons. The van der Waals surface area contributed by atoms with Crippen molar-refractivity contribution < 1.29 is 17.5 Å². The van der Waals surface area contributed by atoms with E-state index in [1.54, 1.807) is 0 Å². The van der Waals surface area contributed by atoms with E-state index in [4.69, 9.17) is 4.74 Å². The van der Waals surface area contributed by atoms with Gasteiger partial charge < -0.3 is 10.1 Å². The number of hydrogen-bond donors (Lipinski definition) is 1. The van der Waals surface area contributed by atoms with Gasteiger partial charge in [0.05, 0.1) is 12.0 Å². The van der Waals surface area contributed by atoms with Crippen LogP contribution in [0.5, 0.6) is 5.75 Å². The first-order chi connectivity index (χ1) is 10.0. The highest BCUT2D eigenvalue weighted by atomic mass is 32.2. The van der Waals surface area contributed by atoms with Crippen molar-refractivity contribution >= 4 is 10.0 Å². The maximum absolute atomic E-state index is 13.7. The average Bonchev–Trinajstić information content (AvgIpc) is 2.94. The van der Waals surface area contributed by atoms with Gasteiger partial charge in [-0.25, -0.2) is 12.8 Å². The molecule has 0 bridgehead atoms. The molecule has 116 valence electrons. The Morgan fingerprint density at radius 2 is 2.19 bits per heavy atom. The van der Waals surface area contributed by atoms with Crippen molar-refractivity contribution in [1.29, 1.82) is 0 Å². The molecule has 0 spiro atoms. The van der Waals surface area contributed by atoms with Crippen molar-refractivity contribution in [2.75, 3.05) is 26.7 Å². The Balaban J connectivity index is 1.85. The topological polar surface area (TPSA) is 58.6 Å². The summed E-state index contributed by atoms with van der Waals surface area (Å²) in [5.41, 5.74) is 0. The molecule has 2 saturated heterocycles. The third-order valence-electron chi connectivity index (χ3n) is 4.38. The third-order valence-corrected chi connectivity index (χ3v) is 6.24. The van der Waals surface area contributed by atoms with E-state index >= 15 is 0 Å². The number of nitrogens with zero attached hydrogens (tertiary/aromatic N) is 1. The molecule has 2 atom stereocenters. The van der Waals surface area contributed by atoms with Gasteiger partial charge in [0.1, 0.15) is 0 Å². The molecule has 3 rings (SSSR count). The monoisotopic (exact) mass is 314 g/mol. The summed E-state index contributed by atoms with van der Waals surface area (Å²) >= 11 is 0. The maximum Gasteiger partial charge on any atom is 0.243 e. The second-order valence-corrected chi connectivity index (χ2v) is 7.50. The Morgan fingerprint density at radius 1 is 1.38 bits per heavy atom. The van der Waals surface area contributed by atoms with Crippen LogP contribution in [0.25, 0.3) is 0 Å². The predicted octanol–water partition coefficient (Wildman–Crippen LogP) is 1.21. The summed E-state index contributed by atoms with van der Waals surface area (Å²) in [6.45, 7) is 1.93. The lowest BCUT2D eigenvalue weighted by Crippen LogP contribution is -2.46. The number of hydrogen-bond acceptors (Lipinski definition) is 4. The number of methoxy groups -OCH3 is 1. The molecule has 0 aliphatic carbocycles. The number of sulfonamides is 1. The van der Waals surface area contributed by atoms with Gasteiger partial charge in [-0.15, -0.1) is 0 Å². The summed E-state index contributed by atoms with van der Waals surface area (Å²) in [7, 11) is -2.29. The van der Waals surface area contributed by atoms with E-state index < -0.39 is 15.8 Å². The van der Waals surface area contributed by atoms with Crippen LogP contribution in [0.3, 0.4) is 0 Å². The first-order valence-electron chi connectivity index (χ1n) is 7.09. The van der Waals surface area contributed by atoms with Gasteiger partial charge >= 0.3 is 0 Å². The zero-order chi connectivity index (χ0) is 15.0. The average molecular weight is 314 g/mol. The van der Waals surface area contributed by atoms with E-state index in [9.17, 15) is 12.8 Å². The van der Waals surface area contributed by atoms with Crippen molar-refractivity contribution in [3.63, 3.8) is 0 Å². The summed E-state index contributed by atoms with van der Waals surface area (Å²) in [6, 6.07) is 4.21. The van der Waals surface area contributed by atoms with E-state index in [1.807, 2.05) is 0 Å². The quantitative estimate of drug-likeness (QED) is 0.911. The lowest BCUT2D eigenvalue weighted by atomic mass is 9.95. The summed E-state index contributed by atoms with van der Waals surface area (Å²) < 4.78 is 45.3. The Morgan fingerprint density at radius 3 is 2.90 bits per heavy atom. The van der Waals surface area contributed by atoms with Crippen molar-refractivity contribution in [1.82, 2.24) is 9.62 Å². The molecular formula is C14H19FN2O3S. The van der Waals surface area contributed by atoms with Crippen LogP contribution in [0.1, 0.15) is 12.8 Å². The number of rotatable bonds is 3. The van der Waals surface area contributed by atoms with E-state index in [2.05, 4.69) is 5.32 Å². The number of halogens is 1. The third kappa shape index (κ3) is 2.65. The van der Waals surface area contributed by atoms with Crippen LogP contribution in [-0.2, 0) is 10.0 Å². The van der Waals surface area contributed by atoms with Gasteiger partial charge in [0.25, 0.3) is 0 Å². The molecule has 7 heteroatoms. The SMILES string of the molecule is COc1ccc(S(=O)(=O)N2CCC3NCCC3C2)cc1F. The Bertz CT molecular complexity index is 635. The first kappa shape index (κ1) is 14.7. The highest BCUT2D eigenvalue weighted by Crippen LogP contribution is 2.29. The van der Waals surface area contributed by atoms with Gasteiger partial charge in [-0.2, -0.15) is 4.31 Å². The van der Waals surface area contributed by atoms with Gasteiger partial charge in [0.15, 0.2) is 11.6 Å². The number of benzene rings is 1. The fourth-order valence-electron chi connectivity index (χ4n) is 3.19. The second-order valence-electron chi connectivity index (χ2n) is 5.56. The summed E-state index contributed by atoms with van der Waals surface area (Å²) in [5, 5.41) is 3.40. The molecule has 1 aromatic rings. The molecule has 1 aromatic carbocycles. The molecule has 1 N–H and O–H groups in total. The fourth-order valence-corrected chi connectivity index (χ4v) is 4.71. The van der Waals surface area contributed by atoms with Crippen molar-refractivity contribution in [3.8, 4) is 5.75 Å². The number of fused-ring (bicyclic) bond motifs is 1. The molecule has 2 aliphatic rings. The molecule has 2 heterocycles. The standard InChI is InChI=1S/C14H19FN2O3S/c1-20-14-3-2-11(8-12(14)15)21(18,19)17-7-5-13-10(9-17)4-6-16-13/h2-3,8,10,13,16H,4-7,9H2,1H3. The molecule has 2 aliphatic heterocycles. The zero-order valence-electron chi connectivity index (χ0n) is 11.9. The maximum atomic E-state index is 13.7. The molecule has 2 unspecified atom stereocenters. The second kappa shape index (κ2) is 5.55. The number of ether oxygens (including phenoxy) is 1. The minimum Gasteiger partial charge on any atom is -0.494 e. The van der Waals surface area contributed by atoms with Crippen LogP contribution in [0, 0.1) is 11.7 Å². The molecule has 0 saturated carbocycles. The molecule has 5 nitrogen and oxygen atoms in total. The summed E-state index contributed by atoms with van der Waals surface area (Å²) in [4.78, 5) is -0.00907. The summed E-state index contributed by atoms with van der Waals surface area (Å²) in [5.74, 6) is -0.250. The van der Waals surface area contributed by atoms with Crippen molar-refractivity contribution in [2.45, 2.75) is 23.8 Å². The van der Waals surface area contributed by atoms with Crippen LogP contribution >= 0.6 is 0 Å². The van der Waals surface area contributed by atoms with Crippen LogP contribution in [0.4, 0.5) is 4.39 Å². The lowest BCUT2D eigenvalue weighted by Gasteiger charge is -2.34. The predicted molar refractivity (Wildman–Crippen MR) is 76.2 cm³/mol. The van der Waals surface area contributed by atoms with E-state index in [0.29, 0.717) is 25.0 Å². The highest BCUT2D eigenvalue weighted by Gasteiger charge is 2.37. The van der Waals surface area contributed by atoms with Gasteiger partial charge in [-0.05, 0) is 43.5 Å². The normalized spacial score (nSPS) is 26.6. The number of piperidine rings is 1. The minimum absolute atomic E-state index is 0.00907. The highest BCUT2D eigenvalue weighted by molar-refractivity contribution is 7.89. The van der Waals surface area contributed by atoms with Crippen molar-refractivity contribution in [3.05, 3.63) is 24.0 Å². The molecular weight excluding hydrogens is 295 g/mol. The Kier molecular flexibility index (Phi) is 3.90. The number of nitrogens with one attached hydrogen (secondary N) is 1. The molecule has 0 amide bonds. The largest absolute Gasteiger partial charge is 0.494 e. The fraction of sp³-hybridized carbons (Fsp3) is 0.571.